The van der Waals surface area contributed by atoms with E-state index in [4.69, 9.17) is 18.9 Å². The average molecular weight is 1270 g/mol. The predicted molar refractivity (Wildman–Crippen MR) is 369 cm³/mol. The molecule has 2 saturated heterocycles. The van der Waals surface area contributed by atoms with Crippen LogP contribution in [0.3, 0.4) is 0 Å². The first-order valence-corrected chi connectivity index (χ1v) is 36.1. The lowest BCUT2D eigenvalue weighted by Gasteiger charge is -2.46. The normalized spacial score (nSPS) is 23.6. The van der Waals surface area contributed by atoms with Gasteiger partial charge in [-0.2, -0.15) is 0 Å². The molecule has 12 atom stereocenters. The Morgan fingerprint density at radius 2 is 0.767 bits per heavy atom. The molecular weight excluding hydrogens is 1130 g/mol. The topological polar surface area (TPSA) is 228 Å². The summed E-state index contributed by atoms with van der Waals surface area (Å²) < 4.78 is 22.8. The second-order valence-electron chi connectivity index (χ2n) is 25.0. The molecule has 0 aromatic rings. The molecule has 1 amide bonds. The van der Waals surface area contributed by atoms with E-state index in [0.717, 1.165) is 89.9 Å². The number of carbonyl (C=O) groups is 1. The molecule has 2 rings (SSSR count). The molecule has 0 aromatic heterocycles. The Kier molecular flexibility index (Phi) is 54.6. The molecule has 0 radical (unpaired) electrons. The first-order valence-electron chi connectivity index (χ1n) is 36.1. The molecule has 0 bridgehead atoms. The van der Waals surface area contributed by atoms with Crippen LogP contribution in [-0.2, 0) is 23.7 Å². The average Bonchev–Trinajstić information content (AvgIpc) is 1.04. The van der Waals surface area contributed by atoms with Crippen LogP contribution in [0.1, 0.15) is 271 Å². The number of aliphatic hydroxyl groups excluding tert-OH is 8. The van der Waals surface area contributed by atoms with Gasteiger partial charge in [0.25, 0.3) is 0 Å². The van der Waals surface area contributed by atoms with E-state index in [-0.39, 0.29) is 18.9 Å². The van der Waals surface area contributed by atoms with Gasteiger partial charge in [0.05, 0.1) is 32.0 Å². The molecule has 0 aliphatic carbocycles. The van der Waals surface area contributed by atoms with E-state index < -0.39 is 86.8 Å². The van der Waals surface area contributed by atoms with E-state index >= 15 is 0 Å². The maximum absolute atomic E-state index is 13.3. The van der Waals surface area contributed by atoms with E-state index in [0.29, 0.717) is 6.42 Å². The first-order chi connectivity index (χ1) is 44.1. The van der Waals surface area contributed by atoms with Crippen molar-refractivity contribution >= 4 is 5.91 Å². The molecule has 14 nitrogen and oxygen atoms in total. The van der Waals surface area contributed by atoms with Crippen molar-refractivity contribution in [3.63, 3.8) is 0 Å². The monoisotopic (exact) mass is 1270 g/mol. The zero-order valence-corrected chi connectivity index (χ0v) is 56.3. The molecule has 518 valence electrons. The first kappa shape index (κ1) is 82.7. The number of carbonyl (C=O) groups excluding carboxylic acids is 1. The van der Waals surface area contributed by atoms with Gasteiger partial charge in [-0.1, -0.05) is 290 Å². The third kappa shape index (κ3) is 42.8. The summed E-state index contributed by atoms with van der Waals surface area (Å²) in [5.41, 5.74) is 0. The minimum absolute atomic E-state index is 0.242. The van der Waals surface area contributed by atoms with Crippen LogP contribution in [-0.4, -0.2) is 140 Å². The number of aliphatic hydroxyl groups is 8. The highest BCUT2D eigenvalue weighted by atomic mass is 16.7. The van der Waals surface area contributed by atoms with Crippen LogP contribution in [0.15, 0.2) is 109 Å². The molecule has 9 N–H and O–H groups in total. The number of unbranched alkanes of at least 4 members (excludes halogenated alkanes) is 29. The van der Waals surface area contributed by atoms with E-state index in [1.165, 1.54) is 154 Å². The third-order valence-electron chi connectivity index (χ3n) is 17.0. The van der Waals surface area contributed by atoms with Gasteiger partial charge in [-0.05, 0) is 83.5 Å². The largest absolute Gasteiger partial charge is 0.394 e. The molecule has 2 aliphatic rings. The SMILES string of the molecule is CC/C=C\C/C=C\C/C=C\C/C=C\C/C=C\C/C=C\C/C=C\C/C=C\CCCCCCCCCCCCCCCCC(=O)NC(COC1OC(CO)C(OC2OC(CO)C(O)C(O)C2O)C(O)C1O)C(O)/C=C/CCCCCCCCCCCCCCCCC. The number of hydrogen-bond donors (Lipinski definition) is 9. The summed E-state index contributed by atoms with van der Waals surface area (Å²) in [6, 6.07) is -0.921. The van der Waals surface area contributed by atoms with Gasteiger partial charge in [0, 0.05) is 6.42 Å². The number of amides is 1. The lowest BCUT2D eigenvalue weighted by molar-refractivity contribution is -0.359. The van der Waals surface area contributed by atoms with Crippen molar-refractivity contribution in [2.45, 2.75) is 344 Å². The molecule has 14 heteroatoms. The van der Waals surface area contributed by atoms with Crippen LogP contribution >= 0.6 is 0 Å². The minimum Gasteiger partial charge on any atom is -0.394 e. The van der Waals surface area contributed by atoms with Crippen LogP contribution in [0.4, 0.5) is 0 Å². The van der Waals surface area contributed by atoms with Gasteiger partial charge in [-0.25, -0.2) is 0 Å². The quantitative estimate of drug-likeness (QED) is 0.0204. The highest BCUT2D eigenvalue weighted by molar-refractivity contribution is 5.76. The maximum Gasteiger partial charge on any atom is 0.220 e. The van der Waals surface area contributed by atoms with Crippen molar-refractivity contribution in [2.75, 3.05) is 19.8 Å². The van der Waals surface area contributed by atoms with Crippen molar-refractivity contribution in [3.8, 4) is 0 Å². The summed E-state index contributed by atoms with van der Waals surface area (Å²) in [6.07, 6.45) is 68.6. The van der Waals surface area contributed by atoms with E-state index in [2.05, 4.69) is 116 Å². The Balaban J connectivity index is 1.61. The Hall–Kier alpha value is -3.35. The molecule has 0 aromatic carbocycles. The van der Waals surface area contributed by atoms with Crippen LogP contribution in [0, 0.1) is 0 Å². The fraction of sp³-hybridized carbons (Fsp3) is 0.750. The predicted octanol–water partition coefficient (Wildman–Crippen LogP) is 15.1. The van der Waals surface area contributed by atoms with Crippen LogP contribution in [0.2, 0.25) is 0 Å². The van der Waals surface area contributed by atoms with Gasteiger partial charge >= 0.3 is 0 Å². The van der Waals surface area contributed by atoms with Crippen molar-refractivity contribution in [1.82, 2.24) is 5.32 Å². The summed E-state index contributed by atoms with van der Waals surface area (Å²) >= 11 is 0. The standard InChI is InChI=1S/C76H131NO13/c1-3-5-7-9-11-13-15-17-19-21-22-23-24-25-26-27-28-29-30-31-32-33-34-35-36-37-38-39-40-41-42-44-46-48-50-52-54-56-58-60-68(81)77-64(65(80)59-57-55-53-51-49-47-45-43-20-18-16-14-12-10-8-6-4-2)63-87-75-73(86)71(84)74(67(62-79)89-75)90-76-72(85)70(83)69(82)66(61-78)88-76/h5,7,11,13,17,19,22-23,25-26,28-29,31-32,34-35,57,59,64-67,69-76,78-80,82-86H,3-4,6,8-10,12,14-16,18,20-21,24,27,30,33,36-56,58,60-63H2,1-2H3,(H,77,81)/b7-5-,13-11-,19-17-,23-22-,26-25-,29-28-,32-31-,35-34-,59-57+. The molecule has 12 unspecified atom stereocenters. The lowest BCUT2D eigenvalue weighted by Crippen LogP contribution is -2.65. The summed E-state index contributed by atoms with van der Waals surface area (Å²) in [5.74, 6) is -0.242. The van der Waals surface area contributed by atoms with Crippen LogP contribution < -0.4 is 5.32 Å². The van der Waals surface area contributed by atoms with E-state index in [9.17, 15) is 45.6 Å². The number of ether oxygens (including phenoxy) is 4. The van der Waals surface area contributed by atoms with Gasteiger partial charge < -0.3 is 65.1 Å². The molecule has 90 heavy (non-hydrogen) atoms. The Labute approximate surface area is 546 Å². The van der Waals surface area contributed by atoms with Crippen LogP contribution in [0.5, 0.6) is 0 Å². The van der Waals surface area contributed by atoms with E-state index in [1.807, 2.05) is 6.08 Å². The second-order valence-corrected chi connectivity index (χ2v) is 25.0. The molecule has 2 aliphatic heterocycles. The van der Waals surface area contributed by atoms with Crippen molar-refractivity contribution in [3.05, 3.63) is 109 Å². The highest BCUT2D eigenvalue weighted by Crippen LogP contribution is 2.30. The number of rotatable bonds is 58. The Bertz CT molecular complexity index is 1930. The molecule has 2 fully saturated rings. The minimum atomic E-state index is -1.79. The summed E-state index contributed by atoms with van der Waals surface area (Å²) in [4.78, 5) is 13.3. The van der Waals surface area contributed by atoms with Crippen molar-refractivity contribution < 1.29 is 64.6 Å². The summed E-state index contributed by atoms with van der Waals surface area (Å²) in [5, 5.41) is 87.4. The highest BCUT2D eigenvalue weighted by Gasteiger charge is 2.51. The Morgan fingerprint density at radius 1 is 0.411 bits per heavy atom. The molecule has 2 heterocycles. The van der Waals surface area contributed by atoms with E-state index in [1.54, 1.807) is 6.08 Å². The van der Waals surface area contributed by atoms with Crippen molar-refractivity contribution in [1.29, 1.82) is 0 Å². The maximum atomic E-state index is 13.3. The zero-order chi connectivity index (χ0) is 65.2. The fourth-order valence-electron chi connectivity index (χ4n) is 11.3. The third-order valence-corrected chi connectivity index (χ3v) is 17.0. The second kappa shape index (κ2) is 59.4. The lowest BCUT2D eigenvalue weighted by atomic mass is 9.97. The smallest absolute Gasteiger partial charge is 0.220 e. The molecular formula is C76H131NO13. The van der Waals surface area contributed by atoms with Gasteiger partial charge in [0.2, 0.25) is 5.91 Å². The molecule has 0 spiro atoms. The number of nitrogens with one attached hydrogen (secondary N) is 1. The zero-order valence-electron chi connectivity index (χ0n) is 56.3. The van der Waals surface area contributed by atoms with Gasteiger partial charge in [0.1, 0.15) is 48.8 Å². The van der Waals surface area contributed by atoms with Crippen molar-refractivity contribution in [2.24, 2.45) is 0 Å². The number of allylic oxidation sites excluding steroid dienone is 17. The fourth-order valence-corrected chi connectivity index (χ4v) is 11.3. The molecule has 0 saturated carbocycles. The number of hydrogen-bond acceptors (Lipinski definition) is 13. The van der Waals surface area contributed by atoms with Gasteiger partial charge in [-0.3, -0.25) is 4.79 Å². The van der Waals surface area contributed by atoms with Gasteiger partial charge in [0.15, 0.2) is 12.6 Å². The Morgan fingerprint density at radius 3 is 1.18 bits per heavy atom. The summed E-state index contributed by atoms with van der Waals surface area (Å²) in [6.45, 7) is 2.70. The summed E-state index contributed by atoms with van der Waals surface area (Å²) in [7, 11) is 0. The van der Waals surface area contributed by atoms with Gasteiger partial charge in [-0.15, -0.1) is 0 Å². The van der Waals surface area contributed by atoms with Crippen LogP contribution in [0.25, 0.3) is 0 Å².